The van der Waals surface area contributed by atoms with E-state index in [4.69, 9.17) is 19.9 Å². The van der Waals surface area contributed by atoms with Crippen LogP contribution in [0.25, 0.3) is 0 Å². The third-order valence-electron chi connectivity index (χ3n) is 3.16. The molecule has 2 saturated heterocycles. The zero-order valence-corrected chi connectivity index (χ0v) is 9.19. The highest BCUT2D eigenvalue weighted by molar-refractivity contribution is 4.73. The molecule has 2 fully saturated rings. The van der Waals surface area contributed by atoms with E-state index in [1.165, 1.54) is 0 Å². The quantitative estimate of drug-likeness (QED) is 0.757. The first-order valence-electron chi connectivity index (χ1n) is 5.91. The highest BCUT2D eigenvalue weighted by Crippen LogP contribution is 2.22. The van der Waals surface area contributed by atoms with Crippen molar-refractivity contribution in [1.29, 1.82) is 0 Å². The van der Waals surface area contributed by atoms with Gasteiger partial charge in [0.15, 0.2) is 6.29 Å². The van der Waals surface area contributed by atoms with Crippen molar-refractivity contribution in [3.63, 3.8) is 0 Å². The highest BCUT2D eigenvalue weighted by Gasteiger charge is 2.22. The lowest BCUT2D eigenvalue weighted by atomic mass is 9.91. The molecule has 2 aliphatic heterocycles. The minimum absolute atomic E-state index is 0.0557. The van der Waals surface area contributed by atoms with Crippen LogP contribution in [0.4, 0.5) is 0 Å². The van der Waals surface area contributed by atoms with Crippen LogP contribution < -0.4 is 5.73 Å². The van der Waals surface area contributed by atoms with Crippen molar-refractivity contribution < 1.29 is 14.2 Å². The molecule has 4 nitrogen and oxygen atoms in total. The van der Waals surface area contributed by atoms with Gasteiger partial charge in [-0.25, -0.2) is 0 Å². The molecule has 2 N–H and O–H groups in total. The lowest BCUT2D eigenvalue weighted by Crippen LogP contribution is -2.30. The minimum Gasteiger partial charge on any atom is -0.381 e. The van der Waals surface area contributed by atoms with E-state index in [9.17, 15) is 0 Å². The maximum Gasteiger partial charge on any atom is 0.159 e. The SMILES string of the molecule is NC(CC1CCOCC1)CC1OCCO1. The van der Waals surface area contributed by atoms with E-state index in [0.29, 0.717) is 13.2 Å². The van der Waals surface area contributed by atoms with Gasteiger partial charge in [0.2, 0.25) is 0 Å². The second-order valence-electron chi connectivity index (χ2n) is 4.46. The third kappa shape index (κ3) is 3.72. The molecule has 0 saturated carbocycles. The summed E-state index contributed by atoms with van der Waals surface area (Å²) in [6.45, 7) is 3.23. The molecule has 0 spiro atoms. The number of rotatable bonds is 4. The van der Waals surface area contributed by atoms with Crippen molar-refractivity contribution in [2.24, 2.45) is 11.7 Å². The summed E-state index contributed by atoms with van der Waals surface area (Å²) in [6.07, 6.45) is 4.16. The zero-order valence-electron chi connectivity index (χ0n) is 9.19. The standard InChI is InChI=1S/C11H21NO3/c12-10(8-11-14-5-6-15-11)7-9-1-3-13-4-2-9/h9-11H,1-8,12H2. The Hall–Kier alpha value is -0.160. The second-order valence-corrected chi connectivity index (χ2v) is 4.46. The summed E-state index contributed by atoms with van der Waals surface area (Å²) in [6, 6.07) is 0.205. The molecule has 0 aliphatic carbocycles. The molecule has 1 unspecified atom stereocenters. The molecule has 0 aromatic rings. The third-order valence-corrected chi connectivity index (χ3v) is 3.16. The molecule has 4 heteroatoms. The first-order chi connectivity index (χ1) is 7.34. The summed E-state index contributed by atoms with van der Waals surface area (Å²) in [5, 5.41) is 0. The molecule has 1 atom stereocenters. The predicted molar refractivity (Wildman–Crippen MR) is 56.4 cm³/mol. The maximum atomic E-state index is 6.08. The molecular formula is C11H21NO3. The van der Waals surface area contributed by atoms with Gasteiger partial charge in [-0.15, -0.1) is 0 Å². The van der Waals surface area contributed by atoms with Crippen LogP contribution in [-0.2, 0) is 14.2 Å². The van der Waals surface area contributed by atoms with Crippen molar-refractivity contribution in [3.8, 4) is 0 Å². The molecule has 0 aromatic carbocycles. The van der Waals surface area contributed by atoms with Gasteiger partial charge in [0.25, 0.3) is 0 Å². The van der Waals surface area contributed by atoms with Gasteiger partial charge in [0.05, 0.1) is 13.2 Å². The van der Waals surface area contributed by atoms with Crippen LogP contribution in [0.2, 0.25) is 0 Å². The van der Waals surface area contributed by atoms with Crippen LogP contribution in [0.1, 0.15) is 25.7 Å². The van der Waals surface area contributed by atoms with Crippen molar-refractivity contribution >= 4 is 0 Å². The molecule has 15 heavy (non-hydrogen) atoms. The highest BCUT2D eigenvalue weighted by atomic mass is 16.7. The number of nitrogens with two attached hydrogens (primary N) is 1. The van der Waals surface area contributed by atoms with Crippen LogP contribution in [0, 0.1) is 5.92 Å². The van der Waals surface area contributed by atoms with Crippen LogP contribution in [-0.4, -0.2) is 38.8 Å². The normalized spacial score (nSPS) is 27.0. The fourth-order valence-electron chi connectivity index (χ4n) is 2.30. The van der Waals surface area contributed by atoms with Gasteiger partial charge in [0, 0.05) is 25.7 Å². The summed E-state index contributed by atoms with van der Waals surface area (Å²) < 4.78 is 16.1. The largest absolute Gasteiger partial charge is 0.381 e. The number of ether oxygens (including phenoxy) is 3. The predicted octanol–water partition coefficient (Wildman–Crippen LogP) is 0.893. The molecule has 2 heterocycles. The zero-order chi connectivity index (χ0) is 10.5. The van der Waals surface area contributed by atoms with E-state index in [1.54, 1.807) is 0 Å². The Morgan fingerprint density at radius 1 is 1.00 bits per heavy atom. The van der Waals surface area contributed by atoms with E-state index >= 15 is 0 Å². The van der Waals surface area contributed by atoms with Gasteiger partial charge in [-0.05, 0) is 25.2 Å². The molecule has 88 valence electrons. The van der Waals surface area contributed by atoms with Gasteiger partial charge in [0.1, 0.15) is 0 Å². The van der Waals surface area contributed by atoms with Crippen LogP contribution in [0.15, 0.2) is 0 Å². The van der Waals surface area contributed by atoms with Crippen LogP contribution >= 0.6 is 0 Å². The summed E-state index contributed by atoms with van der Waals surface area (Å²) in [4.78, 5) is 0. The molecule has 2 aliphatic rings. The Bertz CT molecular complexity index is 177. The molecule has 0 aromatic heterocycles. The Morgan fingerprint density at radius 3 is 2.33 bits per heavy atom. The Labute approximate surface area is 91.1 Å². The van der Waals surface area contributed by atoms with Gasteiger partial charge < -0.3 is 19.9 Å². The maximum absolute atomic E-state index is 6.08. The van der Waals surface area contributed by atoms with E-state index in [2.05, 4.69) is 0 Å². The molecule has 2 rings (SSSR count). The molecule has 0 radical (unpaired) electrons. The van der Waals surface area contributed by atoms with E-state index < -0.39 is 0 Å². The average Bonchev–Trinajstić information content (AvgIpc) is 2.71. The van der Waals surface area contributed by atoms with E-state index in [-0.39, 0.29) is 12.3 Å². The lowest BCUT2D eigenvalue weighted by Gasteiger charge is -2.25. The smallest absolute Gasteiger partial charge is 0.159 e. The van der Waals surface area contributed by atoms with Gasteiger partial charge in [-0.3, -0.25) is 0 Å². The van der Waals surface area contributed by atoms with Crippen molar-refractivity contribution in [1.82, 2.24) is 0 Å². The Balaban J connectivity index is 1.64. The first-order valence-corrected chi connectivity index (χ1v) is 5.91. The van der Waals surface area contributed by atoms with Crippen molar-refractivity contribution in [2.45, 2.75) is 38.0 Å². The minimum atomic E-state index is -0.0557. The van der Waals surface area contributed by atoms with E-state index in [1.807, 2.05) is 0 Å². The van der Waals surface area contributed by atoms with Gasteiger partial charge in [-0.1, -0.05) is 0 Å². The number of hydrogen-bond acceptors (Lipinski definition) is 4. The molecule has 0 bridgehead atoms. The van der Waals surface area contributed by atoms with Crippen molar-refractivity contribution in [3.05, 3.63) is 0 Å². The summed E-state index contributed by atoms with van der Waals surface area (Å²) in [7, 11) is 0. The summed E-state index contributed by atoms with van der Waals surface area (Å²) in [5.74, 6) is 0.732. The van der Waals surface area contributed by atoms with Crippen LogP contribution in [0.3, 0.4) is 0 Å². The van der Waals surface area contributed by atoms with E-state index in [0.717, 1.165) is 44.8 Å². The Morgan fingerprint density at radius 2 is 1.67 bits per heavy atom. The lowest BCUT2D eigenvalue weighted by molar-refractivity contribution is -0.0525. The topological polar surface area (TPSA) is 53.7 Å². The fraction of sp³-hybridized carbons (Fsp3) is 1.00. The number of hydrogen-bond donors (Lipinski definition) is 1. The first kappa shape index (κ1) is 11.3. The monoisotopic (exact) mass is 215 g/mol. The average molecular weight is 215 g/mol. The van der Waals surface area contributed by atoms with Gasteiger partial charge >= 0.3 is 0 Å². The second kappa shape index (κ2) is 5.80. The van der Waals surface area contributed by atoms with Gasteiger partial charge in [-0.2, -0.15) is 0 Å². The fourth-order valence-corrected chi connectivity index (χ4v) is 2.30. The summed E-state index contributed by atoms with van der Waals surface area (Å²) in [5.41, 5.74) is 6.08. The molecule has 0 amide bonds. The summed E-state index contributed by atoms with van der Waals surface area (Å²) >= 11 is 0. The van der Waals surface area contributed by atoms with Crippen LogP contribution in [0.5, 0.6) is 0 Å². The van der Waals surface area contributed by atoms with Crippen molar-refractivity contribution in [2.75, 3.05) is 26.4 Å². The Kier molecular flexibility index (Phi) is 4.38. The molecular weight excluding hydrogens is 194 g/mol.